The van der Waals surface area contributed by atoms with Gasteiger partial charge in [0.05, 0.1) is 5.69 Å². The summed E-state index contributed by atoms with van der Waals surface area (Å²) < 4.78 is 13.4. The molecule has 1 atom stereocenters. The van der Waals surface area contributed by atoms with Crippen LogP contribution in [0.5, 0.6) is 0 Å². The number of nitrogens with one attached hydrogen (secondary N) is 2. The van der Waals surface area contributed by atoms with Crippen LogP contribution in [0.15, 0.2) is 18.2 Å². The van der Waals surface area contributed by atoms with Gasteiger partial charge in [-0.05, 0) is 46.7 Å². The summed E-state index contributed by atoms with van der Waals surface area (Å²) >= 11 is 1.88. The number of amides is 2. The lowest BCUT2D eigenvalue weighted by Gasteiger charge is -2.18. The number of aliphatic carboxylic acids is 1. The van der Waals surface area contributed by atoms with Gasteiger partial charge in [0, 0.05) is 3.57 Å². The predicted octanol–water partition coefficient (Wildman–Crippen LogP) is 2.66. The first-order chi connectivity index (χ1) is 8.81. The first kappa shape index (κ1) is 15.7. The summed E-state index contributed by atoms with van der Waals surface area (Å²) in [4.78, 5) is 22.6. The maximum atomic E-state index is 12.9. The minimum atomic E-state index is -1.10. The predicted molar refractivity (Wildman–Crippen MR) is 77.5 cm³/mol. The third kappa shape index (κ3) is 4.66. The molecule has 0 heterocycles. The van der Waals surface area contributed by atoms with Crippen LogP contribution in [0.3, 0.4) is 0 Å². The van der Waals surface area contributed by atoms with E-state index in [1.54, 1.807) is 13.8 Å². The first-order valence-corrected chi connectivity index (χ1v) is 6.64. The maximum absolute atomic E-state index is 12.9. The Bertz CT molecular complexity index is 494. The molecule has 1 aromatic rings. The van der Waals surface area contributed by atoms with Gasteiger partial charge in [-0.2, -0.15) is 0 Å². The molecule has 0 fully saturated rings. The standard InChI is InChI=1S/C12H14FIN2O3/c1-6(2)10(11(17)18)16-12(19)15-9-4-3-7(13)5-8(9)14/h3-6,10H,1-2H3,(H,17,18)(H2,15,16,19). The molecule has 5 nitrogen and oxygen atoms in total. The number of carbonyl (C=O) groups is 2. The number of anilines is 1. The summed E-state index contributed by atoms with van der Waals surface area (Å²) in [6.07, 6.45) is 0. The van der Waals surface area contributed by atoms with E-state index in [-0.39, 0.29) is 5.92 Å². The summed E-state index contributed by atoms with van der Waals surface area (Å²) in [5.74, 6) is -1.74. The summed E-state index contributed by atoms with van der Waals surface area (Å²) in [5, 5.41) is 13.8. The average Bonchev–Trinajstić information content (AvgIpc) is 2.29. The molecule has 0 spiro atoms. The van der Waals surface area contributed by atoms with Crippen molar-refractivity contribution in [3.63, 3.8) is 0 Å². The van der Waals surface area contributed by atoms with E-state index in [0.717, 1.165) is 0 Å². The van der Waals surface area contributed by atoms with Crippen molar-refractivity contribution in [2.75, 3.05) is 5.32 Å². The van der Waals surface area contributed by atoms with Crippen LogP contribution in [-0.2, 0) is 4.79 Å². The Morgan fingerprint density at radius 1 is 1.37 bits per heavy atom. The van der Waals surface area contributed by atoms with Crippen LogP contribution >= 0.6 is 22.6 Å². The van der Waals surface area contributed by atoms with Gasteiger partial charge in [0.25, 0.3) is 0 Å². The van der Waals surface area contributed by atoms with Crippen molar-refractivity contribution in [3.8, 4) is 0 Å². The van der Waals surface area contributed by atoms with Crippen molar-refractivity contribution in [2.24, 2.45) is 5.92 Å². The quantitative estimate of drug-likeness (QED) is 0.703. The molecule has 0 radical (unpaired) electrons. The van der Waals surface area contributed by atoms with Crippen LogP contribution in [-0.4, -0.2) is 23.1 Å². The minimum Gasteiger partial charge on any atom is -0.480 e. The van der Waals surface area contributed by atoms with Crippen molar-refractivity contribution in [2.45, 2.75) is 19.9 Å². The minimum absolute atomic E-state index is 0.240. The fraction of sp³-hybridized carbons (Fsp3) is 0.333. The molecule has 7 heteroatoms. The van der Waals surface area contributed by atoms with Crippen molar-refractivity contribution in [3.05, 3.63) is 27.6 Å². The van der Waals surface area contributed by atoms with Crippen LogP contribution in [0.2, 0.25) is 0 Å². The van der Waals surface area contributed by atoms with E-state index in [0.29, 0.717) is 9.26 Å². The molecule has 1 rings (SSSR count). The summed E-state index contributed by atoms with van der Waals surface area (Å²) in [6.45, 7) is 3.39. The molecule has 3 N–H and O–H groups in total. The number of rotatable bonds is 4. The zero-order valence-corrected chi connectivity index (χ0v) is 12.6. The van der Waals surface area contributed by atoms with Crippen LogP contribution in [0.25, 0.3) is 0 Å². The Morgan fingerprint density at radius 3 is 2.47 bits per heavy atom. The maximum Gasteiger partial charge on any atom is 0.326 e. The van der Waals surface area contributed by atoms with Gasteiger partial charge in [0.1, 0.15) is 11.9 Å². The van der Waals surface area contributed by atoms with Gasteiger partial charge in [-0.15, -0.1) is 0 Å². The smallest absolute Gasteiger partial charge is 0.326 e. The number of halogens is 2. The second-order valence-electron chi connectivity index (χ2n) is 4.28. The highest BCUT2D eigenvalue weighted by molar-refractivity contribution is 14.1. The molecular weight excluding hydrogens is 366 g/mol. The number of carboxylic acids is 1. The Labute approximate surface area is 123 Å². The zero-order chi connectivity index (χ0) is 14.6. The number of carbonyl (C=O) groups excluding carboxylic acids is 1. The summed E-state index contributed by atoms with van der Waals surface area (Å²) in [7, 11) is 0. The van der Waals surface area contributed by atoms with E-state index >= 15 is 0 Å². The summed E-state index contributed by atoms with van der Waals surface area (Å²) in [5.41, 5.74) is 0.424. The molecule has 1 unspecified atom stereocenters. The number of carboxylic acid groups (broad SMARTS) is 1. The molecule has 104 valence electrons. The Balaban J connectivity index is 2.72. The monoisotopic (exact) mass is 380 g/mol. The van der Waals surface area contributed by atoms with Gasteiger partial charge in [0.15, 0.2) is 0 Å². The van der Waals surface area contributed by atoms with Crippen LogP contribution in [0.1, 0.15) is 13.8 Å². The van der Waals surface area contributed by atoms with Gasteiger partial charge in [0.2, 0.25) is 0 Å². The first-order valence-electron chi connectivity index (χ1n) is 5.56. The lowest BCUT2D eigenvalue weighted by atomic mass is 10.1. The normalized spacial score (nSPS) is 12.1. The Kier molecular flexibility index (Phi) is 5.52. The SMILES string of the molecule is CC(C)C(NC(=O)Nc1ccc(F)cc1I)C(=O)O. The van der Waals surface area contributed by atoms with E-state index in [4.69, 9.17) is 5.11 Å². The molecule has 0 saturated heterocycles. The van der Waals surface area contributed by atoms with E-state index in [1.807, 2.05) is 22.6 Å². The van der Waals surface area contributed by atoms with Crippen molar-refractivity contribution >= 4 is 40.3 Å². The molecule has 1 aromatic carbocycles. The van der Waals surface area contributed by atoms with Gasteiger partial charge >= 0.3 is 12.0 Å². The third-order valence-corrected chi connectivity index (χ3v) is 3.29. The van der Waals surface area contributed by atoms with Crippen LogP contribution in [0.4, 0.5) is 14.9 Å². The molecule has 0 aliphatic rings. The van der Waals surface area contributed by atoms with Gasteiger partial charge < -0.3 is 15.7 Å². The highest BCUT2D eigenvalue weighted by atomic mass is 127. The molecule has 2 amide bonds. The molecule has 0 saturated carbocycles. The number of hydrogen-bond acceptors (Lipinski definition) is 2. The van der Waals surface area contributed by atoms with E-state index in [1.165, 1.54) is 18.2 Å². The van der Waals surface area contributed by atoms with Crippen molar-refractivity contribution < 1.29 is 19.1 Å². The van der Waals surface area contributed by atoms with Crippen molar-refractivity contribution in [1.82, 2.24) is 5.32 Å². The molecular formula is C12H14FIN2O3. The number of benzene rings is 1. The summed E-state index contributed by atoms with van der Waals surface area (Å²) in [6, 6.07) is 2.30. The highest BCUT2D eigenvalue weighted by Crippen LogP contribution is 2.18. The highest BCUT2D eigenvalue weighted by Gasteiger charge is 2.23. The Hall–Kier alpha value is -1.38. The third-order valence-electron chi connectivity index (χ3n) is 2.40. The Morgan fingerprint density at radius 2 is 2.00 bits per heavy atom. The topological polar surface area (TPSA) is 78.4 Å². The lowest BCUT2D eigenvalue weighted by molar-refractivity contribution is -0.140. The van der Waals surface area contributed by atoms with Crippen LogP contribution < -0.4 is 10.6 Å². The fourth-order valence-corrected chi connectivity index (χ4v) is 2.02. The lowest BCUT2D eigenvalue weighted by Crippen LogP contribution is -2.46. The van der Waals surface area contributed by atoms with E-state index < -0.39 is 23.9 Å². The van der Waals surface area contributed by atoms with Gasteiger partial charge in [-0.3, -0.25) is 0 Å². The molecule has 0 aliphatic carbocycles. The molecule has 19 heavy (non-hydrogen) atoms. The van der Waals surface area contributed by atoms with E-state index in [2.05, 4.69) is 10.6 Å². The second kappa shape index (κ2) is 6.69. The van der Waals surface area contributed by atoms with Gasteiger partial charge in [-0.25, -0.2) is 14.0 Å². The number of hydrogen-bond donors (Lipinski definition) is 3. The number of urea groups is 1. The van der Waals surface area contributed by atoms with E-state index in [9.17, 15) is 14.0 Å². The molecule has 0 bridgehead atoms. The van der Waals surface area contributed by atoms with Gasteiger partial charge in [-0.1, -0.05) is 13.8 Å². The molecule has 0 aromatic heterocycles. The largest absolute Gasteiger partial charge is 0.480 e. The fourth-order valence-electron chi connectivity index (χ4n) is 1.40. The molecule has 0 aliphatic heterocycles. The zero-order valence-electron chi connectivity index (χ0n) is 10.4. The average molecular weight is 380 g/mol. The van der Waals surface area contributed by atoms with Crippen LogP contribution in [0, 0.1) is 15.3 Å². The van der Waals surface area contributed by atoms with Crippen molar-refractivity contribution in [1.29, 1.82) is 0 Å². The second-order valence-corrected chi connectivity index (χ2v) is 5.44.